The quantitative estimate of drug-likeness (QED) is 0.0664. The molecule has 0 radical (unpaired) electrons. The second-order valence-corrected chi connectivity index (χ2v) is 25.4. The summed E-state index contributed by atoms with van der Waals surface area (Å²) in [5.74, 6) is -3.75. The Morgan fingerprint density at radius 1 is 0.925 bits per heavy atom. The van der Waals surface area contributed by atoms with Crippen molar-refractivity contribution >= 4 is 23.8 Å². The summed E-state index contributed by atoms with van der Waals surface area (Å²) in [6.45, 7) is 24.2. The van der Waals surface area contributed by atoms with E-state index in [9.17, 15) is 49.8 Å². The van der Waals surface area contributed by atoms with Crippen LogP contribution in [-0.4, -0.2) is 202 Å². The van der Waals surface area contributed by atoms with Gasteiger partial charge in [0, 0.05) is 56.1 Å². The first-order valence-electron chi connectivity index (χ1n) is 28.9. The number of methoxy groups -OCH3 is 1. The van der Waals surface area contributed by atoms with Crippen molar-refractivity contribution in [1.82, 2.24) is 14.7 Å². The Morgan fingerprint density at radius 2 is 1.59 bits per heavy atom. The lowest BCUT2D eigenvalue weighted by atomic mass is 9.76. The number of phenolic OH excluding ortho intramolecular Hbond substituents is 1. The Bertz CT molecular complexity index is 2320. The molecule has 4 aliphatic rings. The van der Waals surface area contributed by atoms with Gasteiger partial charge in [-0.1, -0.05) is 53.2 Å². The number of cyclic esters (lactones) is 2. The number of phenols is 1. The molecule has 80 heavy (non-hydrogen) atoms. The molecule has 17 atom stereocenters. The van der Waals surface area contributed by atoms with Gasteiger partial charge in [0.1, 0.15) is 54.2 Å². The van der Waals surface area contributed by atoms with Gasteiger partial charge in [0.15, 0.2) is 6.29 Å². The molecule has 1 aliphatic carbocycles. The van der Waals surface area contributed by atoms with Crippen LogP contribution in [0.15, 0.2) is 11.6 Å². The molecular formula is C60H99N3O17. The number of rotatable bonds is 17. The second kappa shape index (κ2) is 27.6. The molecule has 3 fully saturated rings. The van der Waals surface area contributed by atoms with Gasteiger partial charge in [-0.15, -0.1) is 0 Å². The van der Waals surface area contributed by atoms with Crippen LogP contribution in [-0.2, 0) is 55.8 Å². The highest BCUT2D eigenvalue weighted by Crippen LogP contribution is 2.44. The van der Waals surface area contributed by atoms with E-state index in [4.69, 9.17) is 33.2 Å². The molecule has 456 valence electrons. The van der Waals surface area contributed by atoms with Crippen LogP contribution in [0.4, 0.5) is 0 Å². The third-order valence-corrected chi connectivity index (χ3v) is 17.9. The van der Waals surface area contributed by atoms with Crippen molar-refractivity contribution in [2.75, 3.05) is 54.5 Å². The van der Waals surface area contributed by atoms with Gasteiger partial charge in [0.2, 0.25) is 5.91 Å². The lowest BCUT2D eigenvalue weighted by Gasteiger charge is -2.49. The molecule has 1 amide bonds. The SMILES string of the molecule is CC[C@H]1OC(=O)[C@H](C)[C@@H](O[C@H]2CC(C)(C)[C@@H](O)[C@H](C)O2)[C@H](C)[C@@H](O[C@@H]2C[C@H](C)CC(N(C)C(=O)CN(C)CCOC(=O)CC/C(C)=C/Cc3c(O)c4c(c(C)c3OC)COC4=O)[C@H]2O)[C@](C)(O)C[C@@H](C)CN(C)[C@H](C)[C@@H](O)[C@]1(C)O. The van der Waals surface area contributed by atoms with E-state index in [-0.39, 0.29) is 87.5 Å². The van der Waals surface area contributed by atoms with E-state index < -0.39 is 114 Å². The monoisotopic (exact) mass is 1130 g/mol. The Morgan fingerprint density at radius 3 is 2.21 bits per heavy atom. The largest absolute Gasteiger partial charge is 0.507 e. The lowest BCUT2D eigenvalue weighted by molar-refractivity contribution is -0.286. The normalized spacial score (nSPS) is 35.8. The number of hydrogen-bond donors (Lipinski definition) is 6. The fourth-order valence-electron chi connectivity index (χ4n) is 12.8. The third kappa shape index (κ3) is 15.6. The molecule has 1 unspecified atom stereocenters. The van der Waals surface area contributed by atoms with Gasteiger partial charge in [-0.3, -0.25) is 19.3 Å². The zero-order valence-corrected chi connectivity index (χ0v) is 50.9. The summed E-state index contributed by atoms with van der Waals surface area (Å²) in [7, 11) is 6.72. The molecule has 1 aromatic rings. The maximum atomic E-state index is 14.5. The van der Waals surface area contributed by atoms with Crippen LogP contribution < -0.4 is 4.74 Å². The maximum absolute atomic E-state index is 14.5. The number of benzene rings is 1. The fraction of sp³-hybridized carbons (Fsp3) is 0.800. The molecule has 0 bridgehead atoms. The van der Waals surface area contributed by atoms with E-state index in [1.165, 1.54) is 18.9 Å². The molecule has 20 heteroatoms. The molecule has 5 rings (SSSR count). The molecule has 20 nitrogen and oxygen atoms in total. The van der Waals surface area contributed by atoms with Crippen molar-refractivity contribution in [2.24, 2.45) is 29.1 Å². The molecule has 0 aromatic heterocycles. The smallest absolute Gasteiger partial charge is 0.342 e. The fourth-order valence-corrected chi connectivity index (χ4v) is 12.8. The minimum atomic E-state index is -1.85. The predicted molar refractivity (Wildman–Crippen MR) is 299 cm³/mol. The third-order valence-electron chi connectivity index (χ3n) is 17.9. The minimum Gasteiger partial charge on any atom is -0.507 e. The highest BCUT2D eigenvalue weighted by Gasteiger charge is 2.52. The second-order valence-electron chi connectivity index (χ2n) is 25.4. The first-order valence-corrected chi connectivity index (χ1v) is 28.9. The molecule has 3 heterocycles. The highest BCUT2D eigenvalue weighted by molar-refractivity contribution is 5.98. The average Bonchev–Trinajstić information content (AvgIpc) is 3.78. The van der Waals surface area contributed by atoms with Gasteiger partial charge < -0.3 is 73.6 Å². The van der Waals surface area contributed by atoms with Crippen molar-refractivity contribution in [3.05, 3.63) is 33.9 Å². The number of aliphatic hydroxyl groups is 5. The van der Waals surface area contributed by atoms with Gasteiger partial charge in [0.05, 0.1) is 61.7 Å². The highest BCUT2D eigenvalue weighted by atomic mass is 16.7. The molecule has 1 saturated carbocycles. The number of carbonyl (C=O) groups is 4. The van der Waals surface area contributed by atoms with Crippen LogP contribution in [0, 0.1) is 36.0 Å². The van der Waals surface area contributed by atoms with E-state index in [1.54, 1.807) is 53.6 Å². The molecule has 2 saturated heterocycles. The number of aromatic hydroxyl groups is 1. The van der Waals surface area contributed by atoms with Crippen LogP contribution >= 0.6 is 0 Å². The Hall–Kier alpha value is -3.96. The van der Waals surface area contributed by atoms with Crippen LogP contribution in [0.1, 0.15) is 155 Å². The van der Waals surface area contributed by atoms with E-state index in [0.717, 1.165) is 11.1 Å². The van der Waals surface area contributed by atoms with Crippen molar-refractivity contribution < 1.29 is 83.0 Å². The number of amides is 1. The van der Waals surface area contributed by atoms with Gasteiger partial charge in [-0.2, -0.15) is 0 Å². The predicted octanol–water partition coefficient (Wildman–Crippen LogP) is 5.22. The number of fused-ring (bicyclic) bond motifs is 1. The van der Waals surface area contributed by atoms with Gasteiger partial charge in [-0.25, -0.2) is 4.79 Å². The van der Waals surface area contributed by atoms with E-state index in [1.807, 2.05) is 66.5 Å². The summed E-state index contributed by atoms with van der Waals surface area (Å²) < 4.78 is 42.6. The Labute approximate surface area is 475 Å². The number of esters is 3. The molecule has 0 spiro atoms. The zero-order chi connectivity index (χ0) is 60.1. The van der Waals surface area contributed by atoms with Crippen LogP contribution in [0.3, 0.4) is 0 Å². The summed E-state index contributed by atoms with van der Waals surface area (Å²) in [4.78, 5) is 58.9. The Kier molecular flexibility index (Phi) is 23.1. The number of hydrogen-bond acceptors (Lipinski definition) is 19. The molecular weight excluding hydrogens is 1030 g/mol. The standard InChI is InChI=1S/C60H99N3O17/c1-18-44-60(13,73)53(68)38(8)62(15)29-34(4)27-59(12,72)55(36(6)51(37(7)56(70)79-44)80-47-28-58(10,11)54(69)39(9)77-47)78-43-26-33(3)25-42(50(43)67)63(16)45(64)30-61(14)23-24-75-46(65)22-20-32(2)19-21-40-49(66)48-41(31-76-57(48)71)35(5)52(40)74-17/h19,33-34,36-39,42-44,47,50-51,53-55,66-69,72-73H,18,20-31H2,1-17H3/b32-19+/t33-,34-,36+,37-,38-,39+,42?,43-,44-,47+,50-,51+,53-,54+,55-,59-,60-/m1/s1. The van der Waals surface area contributed by atoms with Gasteiger partial charge in [0.25, 0.3) is 0 Å². The number of likely N-dealkylation sites (N-methyl/N-ethyl adjacent to an activating group) is 3. The van der Waals surface area contributed by atoms with Crippen molar-refractivity contribution in [3.63, 3.8) is 0 Å². The molecule has 3 aliphatic heterocycles. The number of aliphatic hydroxyl groups excluding tert-OH is 3. The van der Waals surface area contributed by atoms with Crippen LogP contribution in [0.5, 0.6) is 11.5 Å². The summed E-state index contributed by atoms with van der Waals surface area (Å²) in [6.07, 6.45) is -4.80. The summed E-state index contributed by atoms with van der Waals surface area (Å²) in [6, 6.07) is -1.27. The number of nitrogens with zero attached hydrogens (tertiary/aromatic N) is 3. The summed E-state index contributed by atoms with van der Waals surface area (Å²) in [5, 5.41) is 70.8. The van der Waals surface area contributed by atoms with Crippen molar-refractivity contribution in [2.45, 2.75) is 226 Å². The zero-order valence-electron chi connectivity index (χ0n) is 50.9. The summed E-state index contributed by atoms with van der Waals surface area (Å²) in [5.41, 5.74) is -1.28. The van der Waals surface area contributed by atoms with Crippen molar-refractivity contribution in [1.29, 1.82) is 0 Å². The number of ether oxygens (including phenoxy) is 7. The molecule has 1 aromatic carbocycles. The Balaban J connectivity index is 1.29. The first kappa shape index (κ1) is 66.8. The maximum Gasteiger partial charge on any atom is 0.342 e. The van der Waals surface area contributed by atoms with E-state index >= 15 is 0 Å². The molecule has 6 N–H and O–H groups in total. The minimum absolute atomic E-state index is 0.0334. The lowest BCUT2D eigenvalue weighted by Crippen LogP contribution is -2.60. The average molecular weight is 1130 g/mol. The van der Waals surface area contributed by atoms with Gasteiger partial charge >= 0.3 is 17.9 Å². The van der Waals surface area contributed by atoms with E-state index in [0.29, 0.717) is 42.7 Å². The van der Waals surface area contributed by atoms with Crippen molar-refractivity contribution in [3.8, 4) is 11.5 Å². The van der Waals surface area contributed by atoms with Crippen LogP contribution in [0.25, 0.3) is 0 Å². The topological polar surface area (TPSA) is 264 Å². The number of allylic oxidation sites excluding steroid dienone is 2. The number of carbonyl (C=O) groups excluding carboxylic acids is 4. The van der Waals surface area contributed by atoms with E-state index in [2.05, 4.69) is 0 Å². The first-order chi connectivity index (χ1) is 37.2. The van der Waals surface area contributed by atoms with Gasteiger partial charge in [-0.05, 0) is 124 Å². The van der Waals surface area contributed by atoms with Crippen LogP contribution in [0.2, 0.25) is 0 Å². The summed E-state index contributed by atoms with van der Waals surface area (Å²) >= 11 is 0.